The second-order valence-electron chi connectivity index (χ2n) is 4.66. The van der Waals surface area contributed by atoms with Crippen molar-refractivity contribution in [2.75, 3.05) is 20.6 Å². The lowest BCUT2D eigenvalue weighted by Gasteiger charge is -2.12. The van der Waals surface area contributed by atoms with Gasteiger partial charge in [0.05, 0.1) is 0 Å². The van der Waals surface area contributed by atoms with Crippen molar-refractivity contribution < 1.29 is 4.79 Å². The minimum atomic E-state index is 0.149. The van der Waals surface area contributed by atoms with Crippen LogP contribution in [-0.4, -0.2) is 31.3 Å². The Morgan fingerprint density at radius 3 is 2.88 bits per heavy atom. The van der Waals surface area contributed by atoms with Crippen LogP contribution in [0.15, 0.2) is 18.2 Å². The van der Waals surface area contributed by atoms with Crippen molar-refractivity contribution in [3.8, 4) is 0 Å². The molecule has 1 aromatic carbocycles. The number of rotatable bonds is 3. The summed E-state index contributed by atoms with van der Waals surface area (Å²) in [7, 11) is 4.06. The summed E-state index contributed by atoms with van der Waals surface area (Å²) in [5.41, 5.74) is 1.98. The van der Waals surface area contributed by atoms with E-state index in [1.54, 1.807) is 6.07 Å². The standard InChI is InChI=1S/C13H16ClNO/c1-15(2)6-5-10-7-9-3-4-11(14)8-12(9)13(10)16/h3-4,8,10H,5-7H2,1-2H3/t10-/m1/s1. The number of carbonyl (C=O) groups excluding carboxylic acids is 1. The average Bonchev–Trinajstić information content (AvgIpc) is 2.53. The van der Waals surface area contributed by atoms with Crippen LogP contribution in [0.25, 0.3) is 0 Å². The molecule has 0 saturated heterocycles. The van der Waals surface area contributed by atoms with Gasteiger partial charge in [-0.25, -0.2) is 0 Å². The van der Waals surface area contributed by atoms with Crippen LogP contribution in [0.4, 0.5) is 0 Å². The van der Waals surface area contributed by atoms with Crippen molar-refractivity contribution in [1.29, 1.82) is 0 Å². The van der Waals surface area contributed by atoms with Gasteiger partial charge in [-0.15, -0.1) is 0 Å². The van der Waals surface area contributed by atoms with Crippen LogP contribution < -0.4 is 0 Å². The van der Waals surface area contributed by atoms with Crippen LogP contribution in [0, 0.1) is 5.92 Å². The lowest BCUT2D eigenvalue weighted by molar-refractivity contribution is 0.0925. The Kier molecular flexibility index (Phi) is 3.31. The highest BCUT2D eigenvalue weighted by Gasteiger charge is 2.30. The van der Waals surface area contributed by atoms with E-state index in [1.165, 1.54) is 0 Å². The van der Waals surface area contributed by atoms with Gasteiger partial charge in [0.2, 0.25) is 0 Å². The number of nitrogens with zero attached hydrogens (tertiary/aromatic N) is 1. The fourth-order valence-corrected chi connectivity index (χ4v) is 2.35. The third kappa shape index (κ3) is 2.28. The number of hydrogen-bond donors (Lipinski definition) is 0. The Hall–Kier alpha value is -0.860. The second kappa shape index (κ2) is 4.56. The Morgan fingerprint density at radius 2 is 2.19 bits per heavy atom. The molecule has 86 valence electrons. The van der Waals surface area contributed by atoms with Gasteiger partial charge in [-0.05, 0) is 51.2 Å². The van der Waals surface area contributed by atoms with E-state index < -0.39 is 0 Å². The summed E-state index contributed by atoms with van der Waals surface area (Å²) < 4.78 is 0. The molecule has 0 fully saturated rings. The molecular weight excluding hydrogens is 222 g/mol. The molecule has 16 heavy (non-hydrogen) atoms. The predicted octanol–water partition coefficient (Wildman–Crippen LogP) is 2.65. The minimum Gasteiger partial charge on any atom is -0.309 e. The molecule has 0 saturated carbocycles. The molecule has 0 unspecified atom stereocenters. The normalized spacial score (nSPS) is 19.2. The molecule has 0 bridgehead atoms. The largest absolute Gasteiger partial charge is 0.309 e. The first-order chi connectivity index (χ1) is 7.58. The summed E-state index contributed by atoms with van der Waals surface area (Å²) >= 11 is 5.90. The number of halogens is 1. The highest BCUT2D eigenvalue weighted by atomic mass is 35.5. The van der Waals surface area contributed by atoms with Crippen molar-refractivity contribution in [2.45, 2.75) is 12.8 Å². The molecule has 0 N–H and O–H groups in total. The summed E-state index contributed by atoms with van der Waals surface area (Å²) in [6.45, 7) is 0.956. The number of carbonyl (C=O) groups is 1. The number of hydrogen-bond acceptors (Lipinski definition) is 2. The van der Waals surface area contributed by atoms with Gasteiger partial charge in [-0.3, -0.25) is 4.79 Å². The lowest BCUT2D eigenvalue weighted by Crippen LogP contribution is -2.19. The molecular formula is C13H16ClNO. The van der Waals surface area contributed by atoms with Gasteiger partial charge >= 0.3 is 0 Å². The van der Waals surface area contributed by atoms with Gasteiger partial charge in [-0.1, -0.05) is 17.7 Å². The SMILES string of the molecule is CN(C)CC[C@@H]1Cc2ccc(Cl)cc2C1=O. The van der Waals surface area contributed by atoms with E-state index in [-0.39, 0.29) is 11.7 Å². The summed E-state index contributed by atoms with van der Waals surface area (Å²) in [6, 6.07) is 5.64. The van der Waals surface area contributed by atoms with Gasteiger partial charge in [0.25, 0.3) is 0 Å². The molecule has 2 rings (SSSR count). The van der Waals surface area contributed by atoms with Crippen molar-refractivity contribution >= 4 is 17.4 Å². The highest BCUT2D eigenvalue weighted by Crippen LogP contribution is 2.30. The number of ketones is 1. The summed E-state index contributed by atoms with van der Waals surface area (Å²) in [5.74, 6) is 0.412. The van der Waals surface area contributed by atoms with Crippen LogP contribution in [0.5, 0.6) is 0 Å². The monoisotopic (exact) mass is 237 g/mol. The first kappa shape index (κ1) is 11.6. The van der Waals surface area contributed by atoms with Crippen LogP contribution in [-0.2, 0) is 6.42 Å². The van der Waals surface area contributed by atoms with Crippen molar-refractivity contribution in [2.24, 2.45) is 5.92 Å². The molecule has 0 aliphatic heterocycles. The summed E-state index contributed by atoms with van der Waals surface area (Å²) in [5, 5.41) is 0.653. The van der Waals surface area contributed by atoms with Crippen LogP contribution in [0.3, 0.4) is 0 Å². The molecule has 3 heteroatoms. The Balaban J connectivity index is 2.12. The number of Topliss-reactive ketones (excluding diaryl/α,β-unsaturated/α-hetero) is 1. The van der Waals surface area contributed by atoms with E-state index in [4.69, 9.17) is 11.6 Å². The van der Waals surface area contributed by atoms with E-state index in [9.17, 15) is 4.79 Å². The molecule has 1 aliphatic carbocycles. The number of benzene rings is 1. The van der Waals surface area contributed by atoms with E-state index in [1.807, 2.05) is 26.2 Å². The van der Waals surface area contributed by atoms with Crippen LogP contribution in [0.2, 0.25) is 5.02 Å². The zero-order valence-corrected chi connectivity index (χ0v) is 10.4. The van der Waals surface area contributed by atoms with E-state index in [2.05, 4.69) is 4.90 Å². The maximum atomic E-state index is 12.1. The van der Waals surface area contributed by atoms with Crippen LogP contribution >= 0.6 is 11.6 Å². The lowest BCUT2D eigenvalue weighted by atomic mass is 10.0. The Labute approximate surface area is 101 Å². The van der Waals surface area contributed by atoms with Crippen molar-refractivity contribution in [3.05, 3.63) is 34.3 Å². The fraction of sp³-hybridized carbons (Fsp3) is 0.462. The summed E-state index contributed by atoms with van der Waals surface area (Å²) in [6.07, 6.45) is 1.80. The third-order valence-corrected chi connectivity index (χ3v) is 3.33. The predicted molar refractivity (Wildman–Crippen MR) is 66.1 cm³/mol. The number of fused-ring (bicyclic) bond motifs is 1. The molecule has 1 atom stereocenters. The summed E-state index contributed by atoms with van der Waals surface area (Å²) in [4.78, 5) is 14.2. The van der Waals surface area contributed by atoms with Gasteiger partial charge in [0.1, 0.15) is 0 Å². The molecule has 1 aromatic rings. The Bertz CT molecular complexity index is 414. The first-order valence-corrected chi connectivity index (χ1v) is 5.93. The first-order valence-electron chi connectivity index (χ1n) is 5.55. The smallest absolute Gasteiger partial charge is 0.166 e. The molecule has 0 heterocycles. The van der Waals surface area contributed by atoms with Gasteiger partial charge < -0.3 is 4.90 Å². The van der Waals surface area contributed by atoms with E-state index in [0.29, 0.717) is 5.02 Å². The zero-order valence-electron chi connectivity index (χ0n) is 9.66. The average molecular weight is 238 g/mol. The maximum Gasteiger partial charge on any atom is 0.166 e. The molecule has 0 spiro atoms. The Morgan fingerprint density at radius 1 is 1.44 bits per heavy atom. The molecule has 0 aromatic heterocycles. The molecule has 2 nitrogen and oxygen atoms in total. The zero-order chi connectivity index (χ0) is 11.7. The van der Waals surface area contributed by atoms with E-state index in [0.717, 1.165) is 30.5 Å². The van der Waals surface area contributed by atoms with E-state index >= 15 is 0 Å². The van der Waals surface area contributed by atoms with Crippen molar-refractivity contribution in [1.82, 2.24) is 4.90 Å². The highest BCUT2D eigenvalue weighted by molar-refractivity contribution is 6.31. The van der Waals surface area contributed by atoms with Crippen LogP contribution in [0.1, 0.15) is 22.3 Å². The van der Waals surface area contributed by atoms with Gasteiger partial charge in [0.15, 0.2) is 5.78 Å². The fourth-order valence-electron chi connectivity index (χ4n) is 2.18. The maximum absolute atomic E-state index is 12.1. The van der Waals surface area contributed by atoms with Crippen molar-refractivity contribution in [3.63, 3.8) is 0 Å². The molecule has 1 aliphatic rings. The third-order valence-electron chi connectivity index (χ3n) is 3.10. The topological polar surface area (TPSA) is 20.3 Å². The second-order valence-corrected chi connectivity index (χ2v) is 5.10. The quantitative estimate of drug-likeness (QED) is 0.806. The minimum absolute atomic E-state index is 0.149. The van der Waals surface area contributed by atoms with Gasteiger partial charge in [-0.2, -0.15) is 0 Å². The molecule has 0 amide bonds. The van der Waals surface area contributed by atoms with Gasteiger partial charge in [0, 0.05) is 16.5 Å². The molecule has 0 radical (unpaired) electrons.